The molecule has 1 amide bonds. The molecule has 3 N–H and O–H groups in total. The van der Waals surface area contributed by atoms with Gasteiger partial charge in [-0.05, 0) is 0 Å². The van der Waals surface area contributed by atoms with E-state index in [9.17, 15) is 9.36 Å². The van der Waals surface area contributed by atoms with Crippen molar-refractivity contribution < 1.29 is 33.3 Å². The minimum absolute atomic E-state index is 0.102. The Morgan fingerprint density at radius 1 is 1.53 bits per heavy atom. The van der Waals surface area contributed by atoms with Crippen molar-refractivity contribution in [2.75, 3.05) is 26.1 Å². The van der Waals surface area contributed by atoms with Crippen LogP contribution in [0.2, 0.25) is 0 Å². The van der Waals surface area contributed by atoms with Gasteiger partial charge in [-0.25, -0.2) is 9.05 Å². The summed E-state index contributed by atoms with van der Waals surface area (Å²) in [4.78, 5) is 27.5. The molecule has 0 aliphatic heterocycles. The van der Waals surface area contributed by atoms with Crippen LogP contribution in [0, 0.1) is 0 Å². The SMILES string of the molecule is C[N+](CS)(CCCOP(=O)(O)O)C(=O)O. The third kappa shape index (κ3) is 6.14. The average molecular weight is 260 g/mol. The molecule has 0 bridgehead atoms. The summed E-state index contributed by atoms with van der Waals surface area (Å²) in [5.41, 5.74) is 0. The number of carboxylic acid groups (broad SMARTS) is 1. The van der Waals surface area contributed by atoms with Crippen molar-refractivity contribution in [3.05, 3.63) is 0 Å². The highest BCUT2D eigenvalue weighted by Gasteiger charge is 2.29. The monoisotopic (exact) mass is 260 g/mol. The molecule has 90 valence electrons. The van der Waals surface area contributed by atoms with Gasteiger partial charge < -0.3 is 14.9 Å². The summed E-state index contributed by atoms with van der Waals surface area (Å²) in [6, 6.07) is 0. The van der Waals surface area contributed by atoms with E-state index in [0.29, 0.717) is 0 Å². The molecule has 0 rings (SSSR count). The zero-order chi connectivity index (χ0) is 12.1. The van der Waals surface area contributed by atoms with Crippen molar-refractivity contribution in [1.82, 2.24) is 0 Å². The number of thiol groups is 1. The number of rotatable bonds is 6. The lowest BCUT2D eigenvalue weighted by molar-refractivity contribution is -0.824. The molecule has 0 aliphatic rings. The third-order valence-electron chi connectivity index (χ3n) is 1.83. The Balaban J connectivity index is 3.94. The van der Waals surface area contributed by atoms with E-state index in [1.165, 1.54) is 7.05 Å². The van der Waals surface area contributed by atoms with Crippen LogP contribution in [0.4, 0.5) is 4.79 Å². The maximum absolute atomic E-state index is 10.8. The molecule has 9 heteroatoms. The summed E-state index contributed by atoms with van der Waals surface area (Å²) in [5.74, 6) is 0.102. The highest BCUT2D eigenvalue weighted by atomic mass is 32.1. The highest BCUT2D eigenvalue weighted by Crippen LogP contribution is 2.35. The van der Waals surface area contributed by atoms with Gasteiger partial charge in [0.1, 0.15) is 5.88 Å². The fraction of sp³-hybridized carbons (Fsp3) is 0.833. The van der Waals surface area contributed by atoms with Gasteiger partial charge in [0.25, 0.3) is 0 Å². The maximum atomic E-state index is 10.8. The number of phosphoric ester groups is 1. The van der Waals surface area contributed by atoms with Crippen molar-refractivity contribution in [2.45, 2.75) is 6.42 Å². The lowest BCUT2D eigenvalue weighted by Gasteiger charge is -2.25. The molecule has 1 unspecified atom stereocenters. The first kappa shape index (κ1) is 14.9. The van der Waals surface area contributed by atoms with Crippen LogP contribution < -0.4 is 0 Å². The molecular weight excluding hydrogens is 245 g/mol. The van der Waals surface area contributed by atoms with Crippen LogP contribution in [0.5, 0.6) is 0 Å². The number of quaternary nitrogens is 1. The van der Waals surface area contributed by atoms with E-state index >= 15 is 0 Å². The molecule has 0 heterocycles. The Morgan fingerprint density at radius 3 is 2.40 bits per heavy atom. The second-order valence-corrected chi connectivity index (χ2v) is 4.74. The average Bonchev–Trinajstić information content (AvgIpc) is 2.10. The number of nitrogens with zero attached hydrogens (tertiary/aromatic N) is 1. The molecule has 0 fully saturated rings. The zero-order valence-corrected chi connectivity index (χ0v) is 10.0. The number of hydrogen-bond acceptors (Lipinski definition) is 4. The topological polar surface area (TPSA) is 104 Å². The first-order valence-electron chi connectivity index (χ1n) is 4.10. The van der Waals surface area contributed by atoms with Crippen LogP contribution in [0.3, 0.4) is 0 Å². The lowest BCUT2D eigenvalue weighted by Crippen LogP contribution is -2.48. The van der Waals surface area contributed by atoms with Crippen LogP contribution in [0.15, 0.2) is 0 Å². The first-order valence-corrected chi connectivity index (χ1v) is 6.26. The Kier molecular flexibility index (Phi) is 5.79. The van der Waals surface area contributed by atoms with Gasteiger partial charge in [0.15, 0.2) is 0 Å². The fourth-order valence-electron chi connectivity index (χ4n) is 0.824. The second kappa shape index (κ2) is 5.83. The van der Waals surface area contributed by atoms with Crippen molar-refractivity contribution >= 4 is 26.5 Å². The van der Waals surface area contributed by atoms with E-state index in [4.69, 9.17) is 14.9 Å². The maximum Gasteiger partial charge on any atom is 0.514 e. The number of hydrogen-bond donors (Lipinski definition) is 4. The molecule has 0 radical (unpaired) electrons. The molecule has 0 saturated heterocycles. The summed E-state index contributed by atoms with van der Waals surface area (Å²) < 4.78 is 14.2. The number of carbonyl (C=O) groups is 1. The van der Waals surface area contributed by atoms with Crippen molar-refractivity contribution in [1.29, 1.82) is 0 Å². The molecule has 7 nitrogen and oxygen atoms in total. The van der Waals surface area contributed by atoms with Crippen molar-refractivity contribution in [2.24, 2.45) is 0 Å². The van der Waals surface area contributed by atoms with E-state index in [1.54, 1.807) is 0 Å². The van der Waals surface area contributed by atoms with E-state index in [1.807, 2.05) is 0 Å². The van der Waals surface area contributed by atoms with Crippen molar-refractivity contribution in [3.63, 3.8) is 0 Å². The van der Waals surface area contributed by atoms with Gasteiger partial charge >= 0.3 is 13.9 Å². The van der Waals surface area contributed by atoms with Gasteiger partial charge in [-0.3, -0.25) is 4.52 Å². The van der Waals surface area contributed by atoms with E-state index in [0.717, 1.165) is 0 Å². The van der Waals surface area contributed by atoms with Gasteiger partial charge in [-0.2, -0.15) is 4.79 Å². The first-order chi connectivity index (χ1) is 6.71. The predicted molar refractivity (Wildman–Crippen MR) is 55.5 cm³/mol. The van der Waals surface area contributed by atoms with E-state index < -0.39 is 13.9 Å². The minimum atomic E-state index is -4.45. The summed E-state index contributed by atoms with van der Waals surface area (Å²) in [7, 11) is -2.99. The van der Waals surface area contributed by atoms with Gasteiger partial charge in [0.05, 0.1) is 20.2 Å². The molecule has 0 aromatic carbocycles. The second-order valence-electron chi connectivity index (χ2n) is 3.22. The standard InChI is InChI=1S/C6H14NO6PS/c1-7(5-15,6(8)9)3-2-4-13-14(10,11)12/h2-5H2,1H3,(H3-,8,9,10,11,12,15)/p+1. The van der Waals surface area contributed by atoms with Crippen LogP contribution in [-0.2, 0) is 9.09 Å². The Hall–Kier alpha value is -0.110. The van der Waals surface area contributed by atoms with Gasteiger partial charge in [-0.1, -0.05) is 0 Å². The molecule has 0 aromatic rings. The van der Waals surface area contributed by atoms with E-state index in [2.05, 4.69) is 17.2 Å². The molecule has 0 saturated carbocycles. The van der Waals surface area contributed by atoms with Gasteiger partial charge in [0.2, 0.25) is 0 Å². The normalized spacial score (nSPS) is 16.0. The van der Waals surface area contributed by atoms with Gasteiger partial charge in [0, 0.05) is 6.42 Å². The van der Waals surface area contributed by atoms with Gasteiger partial charge in [-0.15, -0.1) is 12.6 Å². The number of amides is 1. The zero-order valence-electron chi connectivity index (χ0n) is 8.24. The van der Waals surface area contributed by atoms with Crippen molar-refractivity contribution in [3.8, 4) is 0 Å². The smallest absolute Gasteiger partial charge is 0.435 e. The molecule has 15 heavy (non-hydrogen) atoms. The van der Waals surface area contributed by atoms with E-state index in [-0.39, 0.29) is 29.9 Å². The predicted octanol–water partition coefficient (Wildman–Crippen LogP) is 0.498. The van der Waals surface area contributed by atoms with Crippen LogP contribution in [-0.4, -0.2) is 51.5 Å². The van der Waals surface area contributed by atoms with Crippen LogP contribution in [0.1, 0.15) is 6.42 Å². The molecule has 0 spiro atoms. The molecule has 1 atom stereocenters. The summed E-state index contributed by atoms with van der Waals surface area (Å²) in [5, 5.41) is 8.82. The Morgan fingerprint density at radius 2 is 2.07 bits per heavy atom. The molecule has 0 aromatic heterocycles. The number of phosphoric acid groups is 1. The van der Waals surface area contributed by atoms with Crippen LogP contribution in [0.25, 0.3) is 0 Å². The summed E-state index contributed by atoms with van der Waals surface area (Å²) in [6.45, 7) is 0.0119. The minimum Gasteiger partial charge on any atom is -0.435 e. The fourth-order valence-corrected chi connectivity index (χ4v) is 1.45. The third-order valence-corrected chi connectivity index (χ3v) is 2.97. The Bertz CT molecular complexity index is 268. The quantitative estimate of drug-likeness (QED) is 0.182. The highest BCUT2D eigenvalue weighted by molar-refractivity contribution is 7.80. The molecular formula is C6H15NO6PS+. The molecule has 0 aliphatic carbocycles. The lowest BCUT2D eigenvalue weighted by atomic mass is 10.4. The Labute approximate surface area is 92.9 Å². The summed E-state index contributed by atoms with van der Waals surface area (Å²) in [6.07, 6.45) is -0.810. The summed E-state index contributed by atoms with van der Waals surface area (Å²) >= 11 is 3.90. The largest absolute Gasteiger partial charge is 0.514 e. The van der Waals surface area contributed by atoms with Crippen LogP contribution >= 0.6 is 20.5 Å².